The molecule has 1 aromatic rings. The summed E-state index contributed by atoms with van der Waals surface area (Å²) >= 11 is 0. The first kappa shape index (κ1) is 18.0. The van der Waals surface area contributed by atoms with Crippen molar-refractivity contribution in [1.29, 1.82) is 0 Å². The molecule has 1 saturated carbocycles. The molecule has 6 heteroatoms. The molecule has 2 aliphatic rings. The molecule has 1 saturated heterocycles. The summed E-state index contributed by atoms with van der Waals surface area (Å²) < 4.78 is 5.25. The van der Waals surface area contributed by atoms with E-state index < -0.39 is 0 Å². The number of carbonyl (C=O) groups is 2. The summed E-state index contributed by atoms with van der Waals surface area (Å²) in [6.45, 7) is 4.92. The molecule has 2 fully saturated rings. The van der Waals surface area contributed by atoms with Crippen LogP contribution in [0, 0.1) is 0 Å². The van der Waals surface area contributed by atoms with Gasteiger partial charge in [0.05, 0.1) is 0 Å². The van der Waals surface area contributed by atoms with Gasteiger partial charge in [-0.05, 0) is 39.0 Å². The SMILES string of the molecule is CCCCCC(=O)N1CC[C@H](NC(=O)c2cc(C3CC3)on2)C[C@@H]1C. The van der Waals surface area contributed by atoms with E-state index in [1.165, 1.54) is 0 Å². The van der Waals surface area contributed by atoms with E-state index in [0.29, 0.717) is 24.6 Å². The molecule has 138 valence electrons. The number of piperidine rings is 1. The van der Waals surface area contributed by atoms with Crippen molar-refractivity contribution in [3.05, 3.63) is 17.5 Å². The Morgan fingerprint density at radius 1 is 1.32 bits per heavy atom. The van der Waals surface area contributed by atoms with E-state index >= 15 is 0 Å². The second kappa shape index (κ2) is 8.02. The molecule has 2 atom stereocenters. The van der Waals surface area contributed by atoms with E-state index in [-0.39, 0.29) is 23.9 Å². The fraction of sp³-hybridized carbons (Fsp3) is 0.737. The second-order valence-electron chi connectivity index (χ2n) is 7.48. The second-order valence-corrected chi connectivity index (χ2v) is 7.48. The molecule has 0 unspecified atom stereocenters. The molecule has 1 aromatic heterocycles. The van der Waals surface area contributed by atoms with Crippen LogP contribution in [0.4, 0.5) is 0 Å². The predicted molar refractivity (Wildman–Crippen MR) is 94.3 cm³/mol. The first-order chi connectivity index (χ1) is 12.1. The van der Waals surface area contributed by atoms with E-state index in [9.17, 15) is 9.59 Å². The number of nitrogens with zero attached hydrogens (tertiary/aromatic N) is 2. The van der Waals surface area contributed by atoms with Crippen molar-refractivity contribution < 1.29 is 14.1 Å². The number of rotatable bonds is 7. The Morgan fingerprint density at radius 3 is 2.80 bits per heavy atom. The highest BCUT2D eigenvalue weighted by molar-refractivity contribution is 5.92. The maximum absolute atomic E-state index is 12.4. The van der Waals surface area contributed by atoms with Crippen molar-refractivity contribution in [3.63, 3.8) is 0 Å². The van der Waals surface area contributed by atoms with Crippen molar-refractivity contribution in [2.75, 3.05) is 6.54 Å². The van der Waals surface area contributed by atoms with Crippen molar-refractivity contribution >= 4 is 11.8 Å². The molecule has 1 N–H and O–H groups in total. The molecular formula is C19H29N3O3. The third-order valence-corrected chi connectivity index (χ3v) is 5.27. The lowest BCUT2D eigenvalue weighted by atomic mass is 9.97. The summed E-state index contributed by atoms with van der Waals surface area (Å²) in [4.78, 5) is 26.6. The van der Waals surface area contributed by atoms with Crippen molar-refractivity contribution in [2.24, 2.45) is 0 Å². The minimum absolute atomic E-state index is 0.0864. The first-order valence-electron chi connectivity index (χ1n) is 9.65. The van der Waals surface area contributed by atoms with Gasteiger partial charge in [-0.15, -0.1) is 0 Å². The van der Waals surface area contributed by atoms with Gasteiger partial charge in [-0.25, -0.2) is 0 Å². The number of hydrogen-bond donors (Lipinski definition) is 1. The molecule has 2 heterocycles. The maximum Gasteiger partial charge on any atom is 0.273 e. The first-order valence-corrected chi connectivity index (χ1v) is 9.65. The van der Waals surface area contributed by atoms with Crippen LogP contribution in [0.3, 0.4) is 0 Å². The summed E-state index contributed by atoms with van der Waals surface area (Å²) in [5.74, 6) is 1.36. The molecule has 1 aliphatic carbocycles. The molecule has 0 bridgehead atoms. The van der Waals surface area contributed by atoms with Crippen LogP contribution >= 0.6 is 0 Å². The van der Waals surface area contributed by atoms with Crippen LogP contribution in [0.5, 0.6) is 0 Å². The number of likely N-dealkylation sites (tertiary alicyclic amines) is 1. The zero-order chi connectivity index (χ0) is 17.8. The average Bonchev–Trinajstić information content (AvgIpc) is 3.32. The van der Waals surface area contributed by atoms with Gasteiger partial charge in [0.15, 0.2) is 5.69 Å². The Kier molecular flexibility index (Phi) is 5.76. The quantitative estimate of drug-likeness (QED) is 0.768. The smallest absolute Gasteiger partial charge is 0.273 e. The lowest BCUT2D eigenvalue weighted by Crippen LogP contribution is -2.50. The predicted octanol–water partition coefficient (Wildman–Crippen LogP) is 3.24. The van der Waals surface area contributed by atoms with Crippen LogP contribution in [0.1, 0.15) is 87.4 Å². The standard InChI is InChI=1S/C19H29N3O3/c1-3-4-5-6-18(23)22-10-9-15(11-13(22)2)20-19(24)16-12-17(25-21-16)14-7-8-14/h12-15H,3-11H2,1-2H3,(H,20,24)/t13-,15-/m0/s1. The van der Waals surface area contributed by atoms with Crippen LogP contribution in [0.2, 0.25) is 0 Å². The molecule has 25 heavy (non-hydrogen) atoms. The number of amides is 2. The lowest BCUT2D eigenvalue weighted by Gasteiger charge is -2.38. The minimum Gasteiger partial charge on any atom is -0.360 e. The topological polar surface area (TPSA) is 75.4 Å². The molecule has 0 spiro atoms. The zero-order valence-corrected chi connectivity index (χ0v) is 15.3. The van der Waals surface area contributed by atoms with Crippen LogP contribution in [-0.4, -0.2) is 40.5 Å². The Morgan fingerprint density at radius 2 is 2.12 bits per heavy atom. The average molecular weight is 347 g/mol. The van der Waals surface area contributed by atoms with E-state index in [1.807, 2.05) is 4.90 Å². The van der Waals surface area contributed by atoms with Crippen LogP contribution < -0.4 is 5.32 Å². The molecule has 0 aromatic carbocycles. The number of hydrogen-bond acceptors (Lipinski definition) is 4. The fourth-order valence-corrected chi connectivity index (χ4v) is 3.56. The summed E-state index contributed by atoms with van der Waals surface area (Å²) in [5.41, 5.74) is 0.368. The van der Waals surface area contributed by atoms with Gasteiger partial charge < -0.3 is 14.7 Å². The van der Waals surface area contributed by atoms with Gasteiger partial charge in [-0.1, -0.05) is 24.9 Å². The number of nitrogens with one attached hydrogen (secondary N) is 1. The van der Waals surface area contributed by atoms with Gasteiger partial charge in [0, 0.05) is 37.0 Å². The number of carbonyl (C=O) groups excluding carboxylic acids is 2. The highest BCUT2D eigenvalue weighted by Gasteiger charge is 2.31. The molecule has 2 amide bonds. The van der Waals surface area contributed by atoms with Gasteiger partial charge in [-0.3, -0.25) is 9.59 Å². The van der Waals surface area contributed by atoms with Gasteiger partial charge >= 0.3 is 0 Å². The van der Waals surface area contributed by atoms with Crippen LogP contribution in [0.15, 0.2) is 10.6 Å². The van der Waals surface area contributed by atoms with Crippen LogP contribution in [0.25, 0.3) is 0 Å². The largest absolute Gasteiger partial charge is 0.360 e. The zero-order valence-electron chi connectivity index (χ0n) is 15.3. The number of unbranched alkanes of at least 4 members (excludes halogenated alkanes) is 2. The fourth-order valence-electron chi connectivity index (χ4n) is 3.56. The third-order valence-electron chi connectivity index (χ3n) is 5.27. The summed E-state index contributed by atoms with van der Waals surface area (Å²) in [6, 6.07) is 2.01. The summed E-state index contributed by atoms with van der Waals surface area (Å²) in [6.07, 6.45) is 7.67. The molecule has 0 radical (unpaired) electrons. The van der Waals surface area contributed by atoms with Crippen molar-refractivity contribution in [1.82, 2.24) is 15.4 Å². The monoisotopic (exact) mass is 347 g/mol. The van der Waals surface area contributed by atoms with Crippen molar-refractivity contribution in [2.45, 2.75) is 83.2 Å². The summed E-state index contributed by atoms with van der Waals surface area (Å²) in [5, 5.41) is 6.95. The van der Waals surface area contributed by atoms with E-state index in [1.54, 1.807) is 6.07 Å². The molecular weight excluding hydrogens is 318 g/mol. The maximum atomic E-state index is 12.4. The lowest BCUT2D eigenvalue weighted by molar-refractivity contribution is -0.134. The molecule has 3 rings (SSSR count). The van der Waals surface area contributed by atoms with E-state index in [0.717, 1.165) is 50.7 Å². The van der Waals surface area contributed by atoms with E-state index in [2.05, 4.69) is 24.3 Å². The van der Waals surface area contributed by atoms with Gasteiger partial charge in [0.2, 0.25) is 5.91 Å². The van der Waals surface area contributed by atoms with Gasteiger partial charge in [0.25, 0.3) is 5.91 Å². The molecule has 1 aliphatic heterocycles. The van der Waals surface area contributed by atoms with Gasteiger partial charge in [-0.2, -0.15) is 0 Å². The normalized spacial score (nSPS) is 23.5. The Hall–Kier alpha value is -1.85. The van der Waals surface area contributed by atoms with Crippen molar-refractivity contribution in [3.8, 4) is 0 Å². The summed E-state index contributed by atoms with van der Waals surface area (Å²) in [7, 11) is 0. The molecule has 6 nitrogen and oxygen atoms in total. The Labute approximate surface area is 149 Å². The highest BCUT2D eigenvalue weighted by atomic mass is 16.5. The minimum atomic E-state index is -0.171. The highest BCUT2D eigenvalue weighted by Crippen LogP contribution is 2.40. The Bertz CT molecular complexity index is 609. The van der Waals surface area contributed by atoms with E-state index in [4.69, 9.17) is 4.52 Å². The third kappa shape index (κ3) is 4.61. The van der Waals surface area contributed by atoms with Crippen LogP contribution in [-0.2, 0) is 4.79 Å². The Balaban J connectivity index is 1.47. The van der Waals surface area contributed by atoms with Gasteiger partial charge in [0.1, 0.15) is 5.76 Å². The number of aromatic nitrogens is 1.